The number of nitrogen functional groups attached to an aromatic ring is 1. The highest BCUT2D eigenvalue weighted by Gasteiger charge is 2.30. The summed E-state index contributed by atoms with van der Waals surface area (Å²) in [5, 5.41) is 2.74. The van der Waals surface area contributed by atoms with Crippen LogP contribution in [0.4, 0.5) is 15.8 Å². The first-order valence-electron chi connectivity index (χ1n) is 5.95. The lowest BCUT2D eigenvalue weighted by Gasteiger charge is -2.13. The molecule has 8 heteroatoms. The van der Waals surface area contributed by atoms with E-state index in [1.807, 2.05) is 0 Å². The molecule has 0 radical (unpaired) electrons. The molecule has 0 aliphatic rings. The summed E-state index contributed by atoms with van der Waals surface area (Å²) >= 11 is 1.04. The molecule has 1 heterocycles. The van der Waals surface area contributed by atoms with Crippen molar-refractivity contribution in [3.05, 3.63) is 41.5 Å². The van der Waals surface area contributed by atoms with Gasteiger partial charge in [0.05, 0.1) is 11.4 Å². The molecule has 1 aromatic carbocycles. The topological polar surface area (TPSA) is 89.3 Å². The summed E-state index contributed by atoms with van der Waals surface area (Å²) in [6.07, 6.45) is 0. The maximum absolute atomic E-state index is 12.9. The molecule has 5 nitrogen and oxygen atoms in total. The Morgan fingerprint density at radius 2 is 2.10 bits per heavy atom. The molecule has 112 valence electrons. The molecule has 0 saturated heterocycles. The Kier molecular flexibility index (Phi) is 4.29. The van der Waals surface area contributed by atoms with Crippen LogP contribution >= 0.6 is 11.3 Å². The fraction of sp³-hybridized carbons (Fsp3) is 0.154. The first-order valence-corrected chi connectivity index (χ1v) is 8.38. The monoisotopic (exact) mass is 328 g/mol. The third-order valence-corrected chi connectivity index (χ3v) is 6.37. The van der Waals surface area contributed by atoms with E-state index in [1.165, 1.54) is 19.1 Å². The lowest BCUT2D eigenvalue weighted by molar-refractivity contribution is -0.115. The van der Waals surface area contributed by atoms with Crippen LogP contribution in [0.5, 0.6) is 0 Å². The number of carbonyl (C=O) groups is 1. The van der Waals surface area contributed by atoms with Crippen LogP contribution in [-0.4, -0.2) is 19.6 Å². The van der Waals surface area contributed by atoms with Gasteiger partial charge >= 0.3 is 0 Å². The summed E-state index contributed by atoms with van der Waals surface area (Å²) < 4.78 is 37.5. The fourth-order valence-electron chi connectivity index (χ4n) is 1.62. The lowest BCUT2D eigenvalue weighted by Crippen LogP contribution is -2.32. The molecule has 0 spiro atoms. The molecule has 1 atom stereocenters. The molecule has 1 aromatic heterocycles. The third-order valence-electron chi connectivity index (χ3n) is 2.88. The summed E-state index contributed by atoms with van der Waals surface area (Å²) in [6.45, 7) is 1.30. The number of thiophene rings is 1. The Bertz CT molecular complexity index is 758. The predicted molar refractivity (Wildman–Crippen MR) is 80.4 cm³/mol. The van der Waals surface area contributed by atoms with Gasteiger partial charge in [0.15, 0.2) is 9.84 Å². The fourth-order valence-corrected chi connectivity index (χ4v) is 4.16. The Balaban J connectivity index is 2.20. The molecule has 0 aliphatic carbocycles. The van der Waals surface area contributed by atoms with Gasteiger partial charge in [0.25, 0.3) is 0 Å². The Hall–Kier alpha value is -1.93. The number of sulfone groups is 1. The number of rotatable bonds is 4. The van der Waals surface area contributed by atoms with E-state index in [0.717, 1.165) is 23.5 Å². The Labute approximate surface area is 125 Å². The minimum absolute atomic E-state index is 0.0315. The Morgan fingerprint density at radius 1 is 1.38 bits per heavy atom. The number of halogens is 1. The van der Waals surface area contributed by atoms with E-state index in [1.54, 1.807) is 11.4 Å². The number of nitrogens with two attached hydrogens (primary N) is 1. The van der Waals surface area contributed by atoms with Gasteiger partial charge in [-0.1, -0.05) is 6.07 Å². The molecular formula is C13H13FN2O3S2. The smallest absolute Gasteiger partial charge is 0.242 e. The SMILES string of the molecule is CC(C(=O)Nc1ccc(F)cc1N)S(=O)(=O)c1cccs1. The van der Waals surface area contributed by atoms with Gasteiger partial charge in [0, 0.05) is 0 Å². The van der Waals surface area contributed by atoms with E-state index in [-0.39, 0.29) is 15.6 Å². The van der Waals surface area contributed by atoms with Gasteiger partial charge < -0.3 is 11.1 Å². The molecule has 2 aromatic rings. The van der Waals surface area contributed by atoms with Crippen molar-refractivity contribution in [2.45, 2.75) is 16.4 Å². The molecule has 21 heavy (non-hydrogen) atoms. The standard InChI is InChI=1S/C13H13FN2O3S2/c1-8(21(18,19)12-3-2-6-20-12)13(17)16-11-5-4-9(14)7-10(11)15/h2-8H,15H2,1H3,(H,16,17). The maximum atomic E-state index is 12.9. The molecular weight excluding hydrogens is 315 g/mol. The summed E-state index contributed by atoms with van der Waals surface area (Å²) in [7, 11) is -3.74. The van der Waals surface area contributed by atoms with Crippen LogP contribution in [0.25, 0.3) is 0 Å². The van der Waals surface area contributed by atoms with Crippen molar-refractivity contribution < 1.29 is 17.6 Å². The van der Waals surface area contributed by atoms with Gasteiger partial charge in [0.2, 0.25) is 5.91 Å². The molecule has 1 unspecified atom stereocenters. The van der Waals surface area contributed by atoms with Crippen molar-refractivity contribution in [2.24, 2.45) is 0 Å². The quantitative estimate of drug-likeness (QED) is 0.843. The van der Waals surface area contributed by atoms with Crippen molar-refractivity contribution in [1.82, 2.24) is 0 Å². The summed E-state index contributed by atoms with van der Waals surface area (Å²) in [4.78, 5) is 12.1. The highest BCUT2D eigenvalue weighted by molar-refractivity contribution is 7.94. The number of hydrogen-bond acceptors (Lipinski definition) is 5. The normalized spacial score (nSPS) is 12.9. The maximum Gasteiger partial charge on any atom is 0.242 e. The molecule has 0 bridgehead atoms. The minimum atomic E-state index is -3.74. The summed E-state index contributed by atoms with van der Waals surface area (Å²) in [5.74, 6) is -1.26. The summed E-state index contributed by atoms with van der Waals surface area (Å²) in [5.41, 5.74) is 5.78. The van der Waals surface area contributed by atoms with Crippen LogP contribution in [0.3, 0.4) is 0 Å². The number of nitrogens with one attached hydrogen (secondary N) is 1. The van der Waals surface area contributed by atoms with Gasteiger partial charge in [-0.15, -0.1) is 11.3 Å². The van der Waals surface area contributed by atoms with Gasteiger partial charge in [-0.3, -0.25) is 4.79 Å². The number of benzene rings is 1. The van der Waals surface area contributed by atoms with Crippen molar-refractivity contribution in [2.75, 3.05) is 11.1 Å². The van der Waals surface area contributed by atoms with Crippen LogP contribution in [0.15, 0.2) is 39.9 Å². The number of amides is 1. The van der Waals surface area contributed by atoms with E-state index >= 15 is 0 Å². The zero-order valence-corrected chi connectivity index (χ0v) is 12.7. The predicted octanol–water partition coefficient (Wildman–Crippen LogP) is 2.27. The average molecular weight is 328 g/mol. The third kappa shape index (κ3) is 3.22. The van der Waals surface area contributed by atoms with Crippen molar-refractivity contribution in [3.63, 3.8) is 0 Å². The molecule has 0 fully saturated rings. The first kappa shape index (κ1) is 15.5. The van der Waals surface area contributed by atoms with Crippen LogP contribution in [0, 0.1) is 5.82 Å². The number of carbonyl (C=O) groups excluding carboxylic acids is 1. The van der Waals surface area contributed by atoms with Crippen molar-refractivity contribution >= 4 is 38.5 Å². The largest absolute Gasteiger partial charge is 0.397 e. The number of anilines is 2. The molecule has 0 aliphatic heterocycles. The average Bonchev–Trinajstić information content (AvgIpc) is 2.95. The van der Waals surface area contributed by atoms with E-state index in [0.29, 0.717) is 0 Å². The van der Waals surface area contributed by atoms with Crippen LogP contribution in [-0.2, 0) is 14.6 Å². The second kappa shape index (κ2) is 5.82. The van der Waals surface area contributed by atoms with Crippen LogP contribution < -0.4 is 11.1 Å². The molecule has 2 rings (SSSR count). The second-order valence-corrected chi connectivity index (χ2v) is 7.78. The second-order valence-electron chi connectivity index (χ2n) is 4.34. The zero-order valence-electron chi connectivity index (χ0n) is 11.0. The number of hydrogen-bond donors (Lipinski definition) is 2. The first-order chi connectivity index (χ1) is 9.82. The lowest BCUT2D eigenvalue weighted by atomic mass is 10.2. The minimum Gasteiger partial charge on any atom is -0.397 e. The van der Waals surface area contributed by atoms with Gasteiger partial charge in [-0.25, -0.2) is 12.8 Å². The van der Waals surface area contributed by atoms with E-state index in [4.69, 9.17) is 5.73 Å². The van der Waals surface area contributed by atoms with Crippen molar-refractivity contribution in [1.29, 1.82) is 0 Å². The molecule has 0 saturated carbocycles. The van der Waals surface area contributed by atoms with Crippen LogP contribution in [0.2, 0.25) is 0 Å². The molecule has 3 N–H and O–H groups in total. The van der Waals surface area contributed by atoms with Gasteiger partial charge in [0.1, 0.15) is 15.3 Å². The summed E-state index contributed by atoms with van der Waals surface area (Å²) in [6, 6.07) is 6.50. The van der Waals surface area contributed by atoms with Gasteiger partial charge in [-0.05, 0) is 36.6 Å². The highest BCUT2D eigenvalue weighted by atomic mass is 32.2. The Morgan fingerprint density at radius 3 is 2.67 bits per heavy atom. The highest BCUT2D eigenvalue weighted by Crippen LogP contribution is 2.24. The van der Waals surface area contributed by atoms with Crippen molar-refractivity contribution in [3.8, 4) is 0 Å². The van der Waals surface area contributed by atoms with Crippen LogP contribution in [0.1, 0.15) is 6.92 Å². The van der Waals surface area contributed by atoms with E-state index in [9.17, 15) is 17.6 Å². The molecule has 1 amide bonds. The zero-order chi connectivity index (χ0) is 15.6. The van der Waals surface area contributed by atoms with Gasteiger partial charge in [-0.2, -0.15) is 0 Å². The van der Waals surface area contributed by atoms with E-state index in [2.05, 4.69) is 5.32 Å². The van der Waals surface area contributed by atoms with E-state index < -0.39 is 26.8 Å².